The minimum absolute atomic E-state index is 0.00532. The van der Waals surface area contributed by atoms with Gasteiger partial charge in [-0.25, -0.2) is 17.2 Å². The lowest BCUT2D eigenvalue weighted by atomic mass is 9.82. The highest BCUT2D eigenvalue weighted by Crippen LogP contribution is 2.59. The summed E-state index contributed by atoms with van der Waals surface area (Å²) < 4.78 is 59.1. The van der Waals surface area contributed by atoms with E-state index in [1.54, 1.807) is 14.0 Å². The lowest BCUT2D eigenvalue weighted by molar-refractivity contribution is 0.0689. The van der Waals surface area contributed by atoms with Crippen LogP contribution in [0.3, 0.4) is 0 Å². The third kappa shape index (κ3) is 6.24. The first-order valence-corrected chi connectivity index (χ1v) is 18.1. The van der Waals surface area contributed by atoms with Gasteiger partial charge >= 0.3 is 0 Å². The maximum Gasteiger partial charge on any atom is 0.264 e. The molecule has 1 aromatic heterocycles. The van der Waals surface area contributed by atoms with E-state index in [2.05, 4.69) is 5.32 Å². The molecule has 1 amide bonds. The van der Waals surface area contributed by atoms with Gasteiger partial charge in [0.2, 0.25) is 0 Å². The number of thiophene rings is 1. The molecule has 0 saturated heterocycles. The summed E-state index contributed by atoms with van der Waals surface area (Å²) in [4.78, 5) is 16.8. The number of methoxy groups -OCH3 is 1. The summed E-state index contributed by atoms with van der Waals surface area (Å²) in [7, 11) is 0.442. The third-order valence-corrected chi connectivity index (χ3v) is 11.8. The Balaban J connectivity index is 1.37. The first kappa shape index (κ1) is 31.6. The van der Waals surface area contributed by atoms with Crippen molar-refractivity contribution in [2.24, 2.45) is 5.41 Å². The van der Waals surface area contributed by atoms with Gasteiger partial charge in [0.15, 0.2) is 9.84 Å². The van der Waals surface area contributed by atoms with Crippen LogP contribution in [0.1, 0.15) is 58.5 Å². The number of amides is 1. The van der Waals surface area contributed by atoms with Crippen molar-refractivity contribution in [2.45, 2.75) is 63.4 Å². The van der Waals surface area contributed by atoms with E-state index in [9.17, 15) is 22.0 Å². The van der Waals surface area contributed by atoms with Gasteiger partial charge in [-0.1, -0.05) is 30.3 Å². The second kappa shape index (κ2) is 12.1. The zero-order chi connectivity index (χ0) is 32.1. The van der Waals surface area contributed by atoms with Gasteiger partial charge in [0.25, 0.3) is 5.91 Å². The molecule has 6 nitrogen and oxygen atoms in total. The molecule has 10 heteroatoms. The molecule has 1 N–H and O–H groups in total. The zero-order valence-corrected chi connectivity index (χ0v) is 27.6. The van der Waals surface area contributed by atoms with Crippen molar-refractivity contribution in [1.29, 1.82) is 0 Å². The standard InChI is InChI=1S/C35H38F2N2O4S2/c1-21-31-27(36)10-11-28(37)33(31)44-32(21)34(40)39(30-18-35(30)15-13-26(38-2)14-16-35)19-25-17-24(9-12-29(25)43-3)23-7-5-22(6-8-23)20-45(4,41)42/h5-12,17,26,30,38H,13-16,18-20H2,1-4H3. The molecule has 0 aliphatic heterocycles. The lowest BCUT2D eigenvalue weighted by Gasteiger charge is -2.33. The Bertz CT molecular complexity index is 1860. The lowest BCUT2D eigenvalue weighted by Crippen LogP contribution is -2.38. The molecule has 6 rings (SSSR count). The van der Waals surface area contributed by atoms with Crippen molar-refractivity contribution in [1.82, 2.24) is 10.2 Å². The molecule has 4 aromatic rings. The van der Waals surface area contributed by atoms with Gasteiger partial charge in [0, 0.05) is 35.8 Å². The highest BCUT2D eigenvalue weighted by molar-refractivity contribution is 7.89. The quantitative estimate of drug-likeness (QED) is 0.206. The molecule has 0 radical (unpaired) electrons. The highest BCUT2D eigenvalue weighted by Gasteiger charge is 2.58. The monoisotopic (exact) mass is 652 g/mol. The van der Waals surface area contributed by atoms with Crippen LogP contribution in [0.4, 0.5) is 8.78 Å². The van der Waals surface area contributed by atoms with E-state index in [-0.39, 0.29) is 39.7 Å². The molecule has 2 saturated carbocycles. The number of rotatable bonds is 9. The van der Waals surface area contributed by atoms with E-state index in [4.69, 9.17) is 4.74 Å². The number of hydrogen-bond acceptors (Lipinski definition) is 6. The summed E-state index contributed by atoms with van der Waals surface area (Å²) >= 11 is 1.02. The van der Waals surface area contributed by atoms with Crippen molar-refractivity contribution in [3.8, 4) is 16.9 Å². The van der Waals surface area contributed by atoms with E-state index in [0.717, 1.165) is 72.3 Å². The summed E-state index contributed by atoms with van der Waals surface area (Å²) in [6.07, 6.45) is 6.22. The number of carbonyl (C=O) groups excluding carboxylic acids is 1. The maximum absolute atomic E-state index is 14.9. The molecule has 1 atom stereocenters. The minimum atomic E-state index is -3.15. The number of ether oxygens (including phenoxy) is 1. The van der Waals surface area contributed by atoms with Crippen molar-refractivity contribution in [3.05, 3.63) is 87.8 Å². The van der Waals surface area contributed by atoms with E-state index in [1.807, 2.05) is 54.4 Å². The van der Waals surface area contributed by atoms with Gasteiger partial charge in [-0.3, -0.25) is 4.79 Å². The number of aryl methyl sites for hydroxylation is 1. The largest absolute Gasteiger partial charge is 0.496 e. The van der Waals surface area contributed by atoms with Crippen LogP contribution < -0.4 is 10.1 Å². The topological polar surface area (TPSA) is 75.7 Å². The summed E-state index contributed by atoms with van der Waals surface area (Å²) in [5, 5.41) is 3.56. The van der Waals surface area contributed by atoms with Crippen LogP contribution in [-0.4, -0.2) is 51.7 Å². The van der Waals surface area contributed by atoms with E-state index in [0.29, 0.717) is 27.8 Å². The number of halogens is 2. The average Bonchev–Trinajstić information content (AvgIpc) is 3.58. The number of sulfone groups is 1. The Morgan fingerprint density at radius 1 is 1.04 bits per heavy atom. The number of nitrogens with zero attached hydrogens (tertiary/aromatic N) is 1. The molecule has 2 aliphatic rings. The fraction of sp³-hybridized carbons (Fsp3) is 0.400. The molecule has 238 valence electrons. The second-order valence-corrected chi connectivity index (χ2v) is 15.8. The predicted octanol–water partition coefficient (Wildman–Crippen LogP) is 7.27. The number of nitrogens with one attached hydrogen (secondary N) is 1. The second-order valence-electron chi connectivity index (χ2n) is 12.7. The molecule has 3 aromatic carbocycles. The molecule has 0 bridgehead atoms. The van der Waals surface area contributed by atoms with Gasteiger partial charge < -0.3 is 15.0 Å². The van der Waals surface area contributed by atoms with Crippen LogP contribution >= 0.6 is 11.3 Å². The Hall–Kier alpha value is -3.34. The van der Waals surface area contributed by atoms with Gasteiger partial charge in [-0.15, -0.1) is 11.3 Å². The first-order chi connectivity index (χ1) is 21.4. The number of carbonyl (C=O) groups is 1. The third-order valence-electron chi connectivity index (χ3n) is 9.68. The van der Waals surface area contributed by atoms with Crippen LogP contribution in [0.25, 0.3) is 21.2 Å². The fourth-order valence-electron chi connectivity index (χ4n) is 7.08. The Morgan fingerprint density at radius 3 is 2.33 bits per heavy atom. The van der Waals surface area contributed by atoms with Crippen LogP contribution in [0.5, 0.6) is 5.75 Å². The average molecular weight is 653 g/mol. The smallest absolute Gasteiger partial charge is 0.264 e. The van der Waals surface area contributed by atoms with E-state index < -0.39 is 21.5 Å². The zero-order valence-electron chi connectivity index (χ0n) is 26.0. The van der Waals surface area contributed by atoms with Gasteiger partial charge in [-0.2, -0.15) is 0 Å². The molecule has 2 aliphatic carbocycles. The van der Waals surface area contributed by atoms with Gasteiger partial charge in [0.05, 0.1) is 22.4 Å². The van der Waals surface area contributed by atoms with Gasteiger partial charge in [0.1, 0.15) is 17.4 Å². The molecule has 1 spiro atoms. The SMILES string of the molecule is CNC1CCC2(CC1)CC2N(Cc1cc(-c2ccc(CS(C)(=O)=O)cc2)ccc1OC)C(=O)c1sc2c(F)ccc(F)c2c1C. The normalized spacial score (nSPS) is 21.3. The van der Waals surface area contributed by atoms with Crippen LogP contribution in [0.2, 0.25) is 0 Å². The molecular weight excluding hydrogens is 615 g/mol. The van der Waals surface area contributed by atoms with E-state index in [1.165, 1.54) is 6.26 Å². The van der Waals surface area contributed by atoms with Crippen molar-refractivity contribution in [2.75, 3.05) is 20.4 Å². The summed E-state index contributed by atoms with van der Waals surface area (Å²) in [5.74, 6) is -0.667. The molecule has 1 heterocycles. The summed E-state index contributed by atoms with van der Waals surface area (Å²) in [5.41, 5.74) is 3.85. The minimum Gasteiger partial charge on any atom is -0.496 e. The first-order valence-electron chi connectivity index (χ1n) is 15.2. The van der Waals surface area contributed by atoms with Crippen LogP contribution in [0.15, 0.2) is 54.6 Å². The van der Waals surface area contributed by atoms with Crippen LogP contribution in [0, 0.1) is 24.0 Å². The van der Waals surface area contributed by atoms with E-state index >= 15 is 0 Å². The number of benzene rings is 3. The van der Waals surface area contributed by atoms with Crippen LogP contribution in [-0.2, 0) is 22.1 Å². The fourth-order valence-corrected chi connectivity index (χ4v) is 9.06. The Labute approximate surface area is 267 Å². The maximum atomic E-state index is 14.9. The van der Waals surface area contributed by atoms with Gasteiger partial charge in [-0.05, 0) is 98.0 Å². The number of fused-ring (bicyclic) bond motifs is 1. The van der Waals surface area contributed by atoms with Crippen molar-refractivity contribution >= 4 is 37.2 Å². The molecular formula is C35H38F2N2O4S2. The highest BCUT2D eigenvalue weighted by atomic mass is 32.2. The molecule has 2 fully saturated rings. The Morgan fingerprint density at radius 2 is 1.71 bits per heavy atom. The predicted molar refractivity (Wildman–Crippen MR) is 175 cm³/mol. The summed E-state index contributed by atoms with van der Waals surface area (Å²) in [6.45, 7) is 1.98. The molecule has 45 heavy (non-hydrogen) atoms. The number of hydrogen-bond donors (Lipinski definition) is 1. The van der Waals surface area contributed by atoms with Crippen molar-refractivity contribution in [3.63, 3.8) is 0 Å². The van der Waals surface area contributed by atoms with Crippen molar-refractivity contribution < 1.29 is 26.7 Å². The Kier molecular flexibility index (Phi) is 8.52. The molecule has 1 unspecified atom stereocenters. The summed E-state index contributed by atoms with van der Waals surface area (Å²) in [6, 6.07) is 16.0.